The molecule has 31 heavy (non-hydrogen) atoms. The number of imide groups is 1. The molecule has 3 aliphatic heterocycles. The van der Waals surface area contributed by atoms with Gasteiger partial charge in [0.2, 0.25) is 11.8 Å². The Morgan fingerprint density at radius 1 is 1.16 bits per heavy atom. The summed E-state index contributed by atoms with van der Waals surface area (Å²) in [5.74, 6) is -6.31. The Bertz CT molecular complexity index is 1050. The number of hydrogen-bond donors (Lipinski definition) is 1. The van der Waals surface area contributed by atoms with Crippen molar-refractivity contribution in [2.45, 2.75) is 31.8 Å². The number of amides is 2. The van der Waals surface area contributed by atoms with Gasteiger partial charge in [-0.2, -0.15) is 0 Å². The fourth-order valence-corrected chi connectivity index (χ4v) is 4.49. The highest BCUT2D eigenvalue weighted by Crippen LogP contribution is 2.54. The second-order valence-electron chi connectivity index (χ2n) is 7.33. The largest absolute Gasteiger partial charge is 0.478 e. The number of fused-ring (bicyclic) bond motifs is 5. The molecule has 3 aliphatic rings. The molecule has 2 bridgehead atoms. The number of nitrogens with zero attached hydrogens (tertiary/aromatic N) is 1. The van der Waals surface area contributed by atoms with Gasteiger partial charge in [-0.1, -0.05) is 17.7 Å². The highest BCUT2D eigenvalue weighted by molar-refractivity contribution is 6.34. The van der Waals surface area contributed by atoms with Crippen molar-refractivity contribution in [2.75, 3.05) is 4.90 Å². The number of halogens is 1. The molecular weight excluding hydrogens is 434 g/mol. The van der Waals surface area contributed by atoms with Crippen LogP contribution in [0.2, 0.25) is 5.02 Å². The minimum absolute atomic E-state index is 0.0253. The van der Waals surface area contributed by atoms with Gasteiger partial charge in [0.05, 0.1) is 34.2 Å². The SMILES string of the molecule is CC(=O)OC(OC(C)=O)[C@@]12C=C[C@@H](O1)[C@H]1C(=O)N(c3ccc(Cl)c(C(=O)O)c3)C(=O)[C@H]12. The Balaban J connectivity index is 1.76. The molecule has 11 heteroatoms. The third-order valence-corrected chi connectivity index (χ3v) is 5.76. The van der Waals surface area contributed by atoms with Crippen LogP contribution < -0.4 is 4.90 Å². The second kappa shape index (κ2) is 7.17. The molecule has 0 aromatic heterocycles. The molecule has 4 atom stereocenters. The van der Waals surface area contributed by atoms with E-state index in [9.17, 15) is 29.1 Å². The van der Waals surface area contributed by atoms with Gasteiger partial charge in [-0.25, -0.2) is 9.69 Å². The van der Waals surface area contributed by atoms with Crippen molar-refractivity contribution < 1.29 is 43.3 Å². The molecule has 2 fully saturated rings. The van der Waals surface area contributed by atoms with Crippen LogP contribution in [-0.4, -0.2) is 52.8 Å². The van der Waals surface area contributed by atoms with Crippen LogP contribution in [0.25, 0.3) is 0 Å². The quantitative estimate of drug-likeness (QED) is 0.305. The summed E-state index contributed by atoms with van der Waals surface area (Å²) >= 11 is 5.89. The number of benzene rings is 1. The highest BCUT2D eigenvalue weighted by Gasteiger charge is 2.72. The third kappa shape index (κ3) is 3.10. The van der Waals surface area contributed by atoms with Crippen LogP contribution in [0.1, 0.15) is 24.2 Å². The molecule has 0 unspecified atom stereocenters. The van der Waals surface area contributed by atoms with Crippen LogP contribution in [0.5, 0.6) is 0 Å². The van der Waals surface area contributed by atoms with E-state index in [1.54, 1.807) is 6.08 Å². The number of carboxylic acids is 1. The molecular formula is C20H16ClNO9. The monoisotopic (exact) mass is 449 g/mol. The normalized spacial score (nSPS) is 28.3. The summed E-state index contributed by atoms with van der Waals surface area (Å²) < 4.78 is 16.1. The van der Waals surface area contributed by atoms with E-state index in [1.165, 1.54) is 18.2 Å². The fraction of sp³-hybridized carbons (Fsp3) is 0.350. The van der Waals surface area contributed by atoms with E-state index >= 15 is 0 Å². The van der Waals surface area contributed by atoms with Gasteiger partial charge >= 0.3 is 17.9 Å². The van der Waals surface area contributed by atoms with E-state index in [1.807, 2.05) is 0 Å². The third-order valence-electron chi connectivity index (χ3n) is 5.43. The lowest BCUT2D eigenvalue weighted by atomic mass is 9.76. The molecule has 2 amide bonds. The standard InChI is InChI=1S/C20H16ClNO9/c1-8(23)29-19(30-9(2)24)20-6-5-13(31-20)14-15(20)17(26)22(16(14)25)10-3-4-12(21)11(7-10)18(27)28/h3-7,13-15,19H,1-2H3,(H,27,28)/t13-,14-,15+,20+/m1/s1. The molecule has 1 aromatic carbocycles. The number of anilines is 1. The zero-order chi connectivity index (χ0) is 22.7. The number of carbonyl (C=O) groups excluding carboxylic acids is 4. The topological polar surface area (TPSA) is 137 Å². The van der Waals surface area contributed by atoms with Gasteiger partial charge in [0.25, 0.3) is 6.29 Å². The molecule has 0 radical (unpaired) electrons. The van der Waals surface area contributed by atoms with Crippen molar-refractivity contribution in [3.05, 3.63) is 40.9 Å². The molecule has 1 aromatic rings. The summed E-state index contributed by atoms with van der Waals surface area (Å²) in [6, 6.07) is 3.75. The Morgan fingerprint density at radius 2 is 1.81 bits per heavy atom. The first-order valence-electron chi connectivity index (χ1n) is 9.19. The van der Waals surface area contributed by atoms with Crippen LogP contribution in [0, 0.1) is 11.8 Å². The number of esters is 2. The average Bonchev–Trinajstić information content (AvgIpc) is 3.32. The summed E-state index contributed by atoms with van der Waals surface area (Å²) in [7, 11) is 0. The number of ether oxygens (including phenoxy) is 3. The lowest BCUT2D eigenvalue weighted by Gasteiger charge is -2.34. The summed E-state index contributed by atoms with van der Waals surface area (Å²) in [6.07, 6.45) is 0.594. The summed E-state index contributed by atoms with van der Waals surface area (Å²) in [6.45, 7) is 2.20. The van der Waals surface area contributed by atoms with E-state index in [0.717, 1.165) is 24.8 Å². The lowest BCUT2D eigenvalue weighted by Crippen LogP contribution is -2.52. The predicted octanol–water partition coefficient (Wildman–Crippen LogP) is 1.30. The van der Waals surface area contributed by atoms with Crippen molar-refractivity contribution in [2.24, 2.45) is 11.8 Å². The number of carboxylic acid groups (broad SMARTS) is 1. The van der Waals surface area contributed by atoms with Gasteiger partial charge in [-0.3, -0.25) is 19.2 Å². The molecule has 4 rings (SSSR count). The van der Waals surface area contributed by atoms with Crippen LogP contribution in [-0.2, 0) is 33.4 Å². The van der Waals surface area contributed by atoms with Crippen molar-refractivity contribution >= 4 is 47.0 Å². The summed E-state index contributed by atoms with van der Waals surface area (Å²) in [4.78, 5) is 62.0. The Kier molecular flexibility index (Phi) is 4.86. The Morgan fingerprint density at radius 3 is 2.39 bits per heavy atom. The van der Waals surface area contributed by atoms with Crippen LogP contribution in [0.4, 0.5) is 5.69 Å². The van der Waals surface area contributed by atoms with Crippen molar-refractivity contribution in [1.82, 2.24) is 0 Å². The van der Waals surface area contributed by atoms with Crippen LogP contribution in [0.15, 0.2) is 30.4 Å². The van der Waals surface area contributed by atoms with Crippen molar-refractivity contribution in [3.63, 3.8) is 0 Å². The molecule has 1 N–H and O–H groups in total. The Labute approximate surface area is 180 Å². The van der Waals surface area contributed by atoms with E-state index in [0.29, 0.717) is 0 Å². The van der Waals surface area contributed by atoms with E-state index in [4.69, 9.17) is 25.8 Å². The summed E-state index contributed by atoms with van der Waals surface area (Å²) in [5.41, 5.74) is -1.94. The van der Waals surface area contributed by atoms with E-state index in [-0.39, 0.29) is 16.3 Å². The van der Waals surface area contributed by atoms with Crippen molar-refractivity contribution in [3.8, 4) is 0 Å². The maximum absolute atomic E-state index is 13.4. The minimum Gasteiger partial charge on any atom is -0.478 e. The maximum Gasteiger partial charge on any atom is 0.337 e. The van der Waals surface area contributed by atoms with Gasteiger partial charge in [0.1, 0.15) is 0 Å². The second-order valence-corrected chi connectivity index (χ2v) is 7.74. The zero-order valence-electron chi connectivity index (χ0n) is 16.2. The molecule has 0 spiro atoms. The van der Waals surface area contributed by atoms with Gasteiger partial charge < -0.3 is 19.3 Å². The number of rotatable bonds is 5. The number of aromatic carboxylic acids is 1. The lowest BCUT2D eigenvalue weighted by molar-refractivity contribution is -0.226. The smallest absolute Gasteiger partial charge is 0.337 e. The van der Waals surface area contributed by atoms with Gasteiger partial charge in [-0.15, -0.1) is 0 Å². The highest BCUT2D eigenvalue weighted by atomic mass is 35.5. The first-order valence-corrected chi connectivity index (χ1v) is 9.57. The fourth-order valence-electron chi connectivity index (χ4n) is 4.29. The Hall–Kier alpha value is -3.24. The molecule has 0 aliphatic carbocycles. The minimum atomic E-state index is -1.68. The van der Waals surface area contributed by atoms with E-state index < -0.39 is 59.6 Å². The predicted molar refractivity (Wildman–Crippen MR) is 102 cm³/mol. The maximum atomic E-state index is 13.4. The van der Waals surface area contributed by atoms with Crippen LogP contribution in [0.3, 0.4) is 0 Å². The zero-order valence-corrected chi connectivity index (χ0v) is 17.0. The number of carbonyl (C=O) groups is 5. The average molecular weight is 450 g/mol. The molecule has 0 saturated carbocycles. The van der Waals surface area contributed by atoms with Gasteiger partial charge in [-0.05, 0) is 24.3 Å². The van der Waals surface area contributed by atoms with Crippen LogP contribution >= 0.6 is 11.6 Å². The summed E-state index contributed by atoms with van der Waals surface area (Å²) in [5, 5.41) is 9.25. The molecule has 2 saturated heterocycles. The van der Waals surface area contributed by atoms with Crippen molar-refractivity contribution in [1.29, 1.82) is 0 Å². The number of hydrogen-bond acceptors (Lipinski definition) is 8. The van der Waals surface area contributed by atoms with Gasteiger partial charge in [0, 0.05) is 13.8 Å². The first kappa shape index (κ1) is 21.0. The van der Waals surface area contributed by atoms with E-state index in [2.05, 4.69) is 0 Å². The molecule has 10 nitrogen and oxygen atoms in total. The molecule has 3 heterocycles. The van der Waals surface area contributed by atoms with Gasteiger partial charge in [0.15, 0.2) is 5.60 Å². The first-order chi connectivity index (χ1) is 14.6. The molecule has 162 valence electrons.